The second-order valence-electron chi connectivity index (χ2n) is 8.19. The molecular formula is C27H28ClN3O4. The standard InChI is InChI=1S/C27H27N3O4.ClH/c1-18-7-2-3-8-21(18)26(32)29-20-14-12-19(13-15-20)27(33)30-16-6-11-24(34-25(31)17-28)22-9-4-5-10-23(22)30;/h2-5,7-10,12-15,24H,6,11,16-17,28H2,1H3,(H,29,32);1H. The molecule has 1 heterocycles. The van der Waals surface area contributed by atoms with Crippen molar-refractivity contribution in [1.82, 2.24) is 0 Å². The predicted octanol–water partition coefficient (Wildman–Crippen LogP) is 4.65. The third kappa shape index (κ3) is 5.88. The molecule has 0 radical (unpaired) electrons. The van der Waals surface area contributed by atoms with Crippen LogP contribution in [0, 0.1) is 6.92 Å². The molecule has 0 saturated carbocycles. The highest BCUT2D eigenvalue weighted by molar-refractivity contribution is 6.08. The van der Waals surface area contributed by atoms with E-state index in [0.29, 0.717) is 36.2 Å². The van der Waals surface area contributed by atoms with Gasteiger partial charge in [0.1, 0.15) is 6.10 Å². The Bertz CT molecular complexity index is 1210. The van der Waals surface area contributed by atoms with E-state index in [2.05, 4.69) is 5.32 Å². The number of rotatable bonds is 5. The lowest BCUT2D eigenvalue weighted by Gasteiger charge is -2.24. The molecule has 3 aromatic rings. The van der Waals surface area contributed by atoms with Crippen LogP contribution in [0.1, 0.15) is 50.8 Å². The van der Waals surface area contributed by atoms with Gasteiger partial charge in [-0.15, -0.1) is 12.4 Å². The van der Waals surface area contributed by atoms with Crippen LogP contribution in [0.2, 0.25) is 0 Å². The van der Waals surface area contributed by atoms with Gasteiger partial charge in [0.2, 0.25) is 0 Å². The molecule has 0 aromatic heterocycles. The molecule has 0 bridgehead atoms. The number of hydrogen-bond acceptors (Lipinski definition) is 5. The monoisotopic (exact) mass is 493 g/mol. The highest BCUT2D eigenvalue weighted by atomic mass is 35.5. The van der Waals surface area contributed by atoms with Gasteiger partial charge in [-0.1, -0.05) is 36.4 Å². The van der Waals surface area contributed by atoms with E-state index >= 15 is 0 Å². The number of nitrogens with zero attached hydrogens (tertiary/aromatic N) is 1. The van der Waals surface area contributed by atoms with Crippen LogP contribution in [0.3, 0.4) is 0 Å². The van der Waals surface area contributed by atoms with Crippen LogP contribution in [0.15, 0.2) is 72.8 Å². The second-order valence-corrected chi connectivity index (χ2v) is 8.19. The Morgan fingerprint density at radius 3 is 2.40 bits per heavy atom. The van der Waals surface area contributed by atoms with Crippen LogP contribution >= 0.6 is 12.4 Å². The number of carbonyl (C=O) groups excluding carboxylic acids is 3. The van der Waals surface area contributed by atoms with Gasteiger partial charge in [0, 0.05) is 28.9 Å². The van der Waals surface area contributed by atoms with Crippen molar-refractivity contribution in [2.75, 3.05) is 23.3 Å². The summed E-state index contributed by atoms with van der Waals surface area (Å²) in [6.07, 6.45) is 0.841. The largest absolute Gasteiger partial charge is 0.456 e. The molecule has 8 heteroatoms. The molecule has 0 saturated heterocycles. The molecule has 3 aromatic carbocycles. The van der Waals surface area contributed by atoms with Crippen LogP contribution in [-0.2, 0) is 9.53 Å². The molecule has 1 aliphatic rings. The van der Waals surface area contributed by atoms with Crippen molar-refractivity contribution in [1.29, 1.82) is 0 Å². The molecule has 1 unspecified atom stereocenters. The summed E-state index contributed by atoms with van der Waals surface area (Å²) in [4.78, 5) is 39.5. The van der Waals surface area contributed by atoms with Crippen LogP contribution in [-0.4, -0.2) is 30.9 Å². The van der Waals surface area contributed by atoms with E-state index in [9.17, 15) is 14.4 Å². The summed E-state index contributed by atoms with van der Waals surface area (Å²) in [5.41, 5.74) is 9.53. The first kappa shape index (κ1) is 25.9. The molecule has 2 amide bonds. The molecule has 0 fully saturated rings. The fourth-order valence-corrected chi connectivity index (χ4v) is 4.13. The van der Waals surface area contributed by atoms with Crippen molar-refractivity contribution >= 4 is 41.6 Å². The quantitative estimate of drug-likeness (QED) is 0.503. The van der Waals surface area contributed by atoms with Crippen LogP contribution in [0.5, 0.6) is 0 Å². The molecule has 3 N–H and O–H groups in total. The van der Waals surface area contributed by atoms with E-state index in [1.807, 2.05) is 49.4 Å². The van der Waals surface area contributed by atoms with E-state index in [1.54, 1.807) is 35.2 Å². The predicted molar refractivity (Wildman–Crippen MR) is 138 cm³/mol. The summed E-state index contributed by atoms with van der Waals surface area (Å²) in [5, 5.41) is 2.88. The SMILES string of the molecule is Cc1ccccc1C(=O)Nc1ccc(C(=O)N2CCCC(OC(=O)CN)c3ccccc32)cc1.Cl. The number of fused-ring (bicyclic) bond motifs is 1. The lowest BCUT2D eigenvalue weighted by atomic mass is 10.0. The van der Waals surface area contributed by atoms with Gasteiger partial charge in [-0.3, -0.25) is 14.4 Å². The molecule has 35 heavy (non-hydrogen) atoms. The first-order valence-electron chi connectivity index (χ1n) is 11.3. The maximum atomic E-state index is 13.4. The van der Waals surface area contributed by atoms with E-state index < -0.39 is 12.1 Å². The summed E-state index contributed by atoms with van der Waals surface area (Å²) in [7, 11) is 0. The van der Waals surface area contributed by atoms with Gasteiger partial charge in [-0.25, -0.2) is 0 Å². The number of benzene rings is 3. The second kappa shape index (κ2) is 11.6. The van der Waals surface area contributed by atoms with Crippen LogP contribution < -0.4 is 16.0 Å². The Hall–Kier alpha value is -3.68. The maximum Gasteiger partial charge on any atom is 0.320 e. The Balaban J connectivity index is 0.00000342. The fourth-order valence-electron chi connectivity index (χ4n) is 4.13. The number of ether oxygens (including phenoxy) is 1. The van der Waals surface area contributed by atoms with Gasteiger partial charge in [0.05, 0.1) is 12.2 Å². The van der Waals surface area contributed by atoms with E-state index in [1.165, 1.54) is 0 Å². The fraction of sp³-hybridized carbons (Fsp3) is 0.222. The number of para-hydroxylation sites is 1. The Morgan fingerprint density at radius 1 is 1.00 bits per heavy atom. The average molecular weight is 494 g/mol. The van der Waals surface area contributed by atoms with Gasteiger partial charge in [0.15, 0.2) is 0 Å². The van der Waals surface area contributed by atoms with Gasteiger partial charge in [-0.05, 0) is 61.7 Å². The number of carbonyl (C=O) groups is 3. The molecule has 0 aliphatic carbocycles. The smallest absolute Gasteiger partial charge is 0.320 e. The zero-order valence-corrected chi connectivity index (χ0v) is 20.2. The number of halogens is 1. The first-order chi connectivity index (χ1) is 16.5. The zero-order chi connectivity index (χ0) is 24.1. The van der Waals surface area contributed by atoms with Crippen LogP contribution in [0.4, 0.5) is 11.4 Å². The van der Waals surface area contributed by atoms with Gasteiger partial charge in [0.25, 0.3) is 11.8 Å². The van der Waals surface area contributed by atoms with Gasteiger partial charge >= 0.3 is 5.97 Å². The van der Waals surface area contributed by atoms with E-state index in [-0.39, 0.29) is 30.8 Å². The number of hydrogen-bond donors (Lipinski definition) is 2. The van der Waals surface area contributed by atoms with Crippen molar-refractivity contribution in [2.24, 2.45) is 5.73 Å². The highest BCUT2D eigenvalue weighted by Crippen LogP contribution is 2.36. The molecule has 182 valence electrons. The molecule has 1 atom stereocenters. The minimum Gasteiger partial charge on any atom is -0.456 e. The number of aryl methyl sites for hydroxylation is 1. The Kier molecular flexibility index (Phi) is 8.63. The maximum absolute atomic E-state index is 13.4. The van der Waals surface area contributed by atoms with Crippen molar-refractivity contribution in [3.8, 4) is 0 Å². The zero-order valence-electron chi connectivity index (χ0n) is 19.4. The number of nitrogens with one attached hydrogen (secondary N) is 1. The number of anilines is 2. The normalized spacial score (nSPS) is 14.7. The molecular weight excluding hydrogens is 466 g/mol. The van der Waals surface area contributed by atoms with Gasteiger partial charge in [-0.2, -0.15) is 0 Å². The third-order valence-electron chi connectivity index (χ3n) is 5.89. The molecule has 4 rings (SSSR count). The van der Waals surface area contributed by atoms with Crippen LogP contribution in [0.25, 0.3) is 0 Å². The van der Waals surface area contributed by atoms with Crippen molar-refractivity contribution in [2.45, 2.75) is 25.9 Å². The summed E-state index contributed by atoms with van der Waals surface area (Å²) in [6, 6.07) is 21.7. The van der Waals surface area contributed by atoms with E-state index in [0.717, 1.165) is 16.8 Å². The van der Waals surface area contributed by atoms with Crippen molar-refractivity contribution < 1.29 is 19.1 Å². The Morgan fingerprint density at radius 2 is 1.69 bits per heavy atom. The van der Waals surface area contributed by atoms with Gasteiger partial charge < -0.3 is 20.7 Å². The third-order valence-corrected chi connectivity index (χ3v) is 5.89. The minimum absolute atomic E-state index is 0. The topological polar surface area (TPSA) is 102 Å². The number of esters is 1. The summed E-state index contributed by atoms with van der Waals surface area (Å²) in [6.45, 7) is 2.20. The van der Waals surface area contributed by atoms with E-state index in [4.69, 9.17) is 10.5 Å². The average Bonchev–Trinajstić information content (AvgIpc) is 3.04. The molecule has 7 nitrogen and oxygen atoms in total. The lowest BCUT2D eigenvalue weighted by molar-refractivity contribution is -0.148. The van der Waals surface area contributed by atoms with Crippen molar-refractivity contribution in [3.63, 3.8) is 0 Å². The molecule has 1 aliphatic heterocycles. The molecule has 0 spiro atoms. The number of amides is 2. The number of nitrogens with two attached hydrogens (primary N) is 1. The summed E-state index contributed by atoms with van der Waals surface area (Å²) in [5.74, 6) is -0.824. The summed E-state index contributed by atoms with van der Waals surface area (Å²) >= 11 is 0. The Labute approximate surface area is 210 Å². The highest BCUT2D eigenvalue weighted by Gasteiger charge is 2.28. The minimum atomic E-state index is -0.470. The first-order valence-corrected chi connectivity index (χ1v) is 11.3. The summed E-state index contributed by atoms with van der Waals surface area (Å²) < 4.78 is 5.54. The van der Waals surface area contributed by atoms with Crippen molar-refractivity contribution in [3.05, 3.63) is 95.1 Å². The lowest BCUT2D eigenvalue weighted by Crippen LogP contribution is -2.31.